The van der Waals surface area contributed by atoms with E-state index in [1.807, 2.05) is 12.3 Å². The summed E-state index contributed by atoms with van der Waals surface area (Å²) in [5, 5.41) is 6.98. The molecule has 3 aromatic rings. The summed E-state index contributed by atoms with van der Waals surface area (Å²) in [5.41, 5.74) is 2.50. The summed E-state index contributed by atoms with van der Waals surface area (Å²) in [6.45, 7) is 3.05. The molecule has 1 aromatic carbocycles. The van der Waals surface area contributed by atoms with Gasteiger partial charge >= 0.3 is 0 Å². The first-order valence-electron chi connectivity index (χ1n) is 6.11. The number of nitrogens with one attached hydrogen (secondary N) is 1. The fraction of sp³-hybridized carbons (Fsp3) is 0.200. The van der Waals surface area contributed by atoms with Gasteiger partial charge in [0, 0.05) is 10.3 Å². The number of fused-ring (bicyclic) bond motifs is 1. The molecule has 0 saturated carbocycles. The predicted octanol–water partition coefficient (Wildman–Crippen LogP) is 4.19. The lowest BCUT2D eigenvalue weighted by atomic mass is 10.00. The van der Waals surface area contributed by atoms with Gasteiger partial charge in [0.1, 0.15) is 0 Å². The molecule has 0 aliphatic rings. The van der Waals surface area contributed by atoms with E-state index >= 15 is 0 Å². The van der Waals surface area contributed by atoms with Crippen LogP contribution in [0.3, 0.4) is 0 Å². The Kier molecular flexibility index (Phi) is 3.17. The van der Waals surface area contributed by atoms with Gasteiger partial charge in [0.2, 0.25) is 0 Å². The van der Waals surface area contributed by atoms with Gasteiger partial charge in [-0.25, -0.2) is 0 Å². The van der Waals surface area contributed by atoms with Crippen LogP contribution in [0.1, 0.15) is 24.1 Å². The maximum absolute atomic E-state index is 5.22. The van der Waals surface area contributed by atoms with Crippen molar-refractivity contribution in [2.75, 3.05) is 6.54 Å². The molecular formula is C15H15NOS. The average molecular weight is 257 g/mol. The molecule has 3 heteroatoms. The standard InChI is InChI=1S/C15H15NOS/c1-2-16-14(12-6-8-17-10-12)13-5-3-4-11-7-9-18-15(11)13/h3-10,14,16H,2H2,1H3. The zero-order chi connectivity index (χ0) is 12.4. The van der Waals surface area contributed by atoms with Gasteiger partial charge < -0.3 is 9.73 Å². The Balaban J connectivity index is 2.12. The van der Waals surface area contributed by atoms with Gasteiger partial charge in [0.25, 0.3) is 0 Å². The smallest absolute Gasteiger partial charge is 0.0953 e. The average Bonchev–Trinajstić information content (AvgIpc) is 3.06. The van der Waals surface area contributed by atoms with Crippen LogP contribution in [0.5, 0.6) is 0 Å². The van der Waals surface area contributed by atoms with E-state index in [4.69, 9.17) is 4.42 Å². The van der Waals surface area contributed by atoms with Crippen LogP contribution in [-0.4, -0.2) is 6.54 Å². The van der Waals surface area contributed by atoms with Crippen LogP contribution >= 0.6 is 11.3 Å². The molecule has 0 radical (unpaired) electrons. The highest BCUT2D eigenvalue weighted by molar-refractivity contribution is 7.17. The lowest BCUT2D eigenvalue weighted by Crippen LogP contribution is -2.21. The largest absolute Gasteiger partial charge is 0.472 e. The molecule has 18 heavy (non-hydrogen) atoms. The molecule has 0 aliphatic carbocycles. The van der Waals surface area contributed by atoms with E-state index in [-0.39, 0.29) is 6.04 Å². The second kappa shape index (κ2) is 4.96. The molecule has 0 saturated heterocycles. The zero-order valence-electron chi connectivity index (χ0n) is 10.2. The maximum Gasteiger partial charge on any atom is 0.0953 e. The molecule has 3 rings (SSSR count). The van der Waals surface area contributed by atoms with Crippen molar-refractivity contribution in [1.29, 1.82) is 0 Å². The van der Waals surface area contributed by atoms with Crippen molar-refractivity contribution in [3.05, 3.63) is 59.4 Å². The Labute approximate surface area is 110 Å². The molecule has 0 bridgehead atoms. The van der Waals surface area contributed by atoms with E-state index in [9.17, 15) is 0 Å². The Morgan fingerprint density at radius 3 is 3.00 bits per heavy atom. The van der Waals surface area contributed by atoms with Gasteiger partial charge in [0.05, 0.1) is 18.6 Å². The van der Waals surface area contributed by atoms with Crippen LogP contribution in [0.4, 0.5) is 0 Å². The van der Waals surface area contributed by atoms with Crippen molar-refractivity contribution in [3.63, 3.8) is 0 Å². The van der Waals surface area contributed by atoms with E-state index in [0.29, 0.717) is 0 Å². The van der Waals surface area contributed by atoms with Crippen LogP contribution in [0, 0.1) is 0 Å². The molecule has 2 nitrogen and oxygen atoms in total. The van der Waals surface area contributed by atoms with Crippen molar-refractivity contribution < 1.29 is 4.42 Å². The van der Waals surface area contributed by atoms with Crippen molar-refractivity contribution in [2.24, 2.45) is 0 Å². The second-order valence-electron chi connectivity index (χ2n) is 4.23. The van der Waals surface area contributed by atoms with Crippen LogP contribution in [0.2, 0.25) is 0 Å². The molecule has 2 heterocycles. The third kappa shape index (κ3) is 1.96. The predicted molar refractivity (Wildman–Crippen MR) is 76.1 cm³/mol. The number of rotatable bonds is 4. The lowest BCUT2D eigenvalue weighted by Gasteiger charge is -2.17. The molecule has 1 N–H and O–H groups in total. The molecule has 0 amide bonds. The highest BCUT2D eigenvalue weighted by atomic mass is 32.1. The summed E-state index contributed by atoms with van der Waals surface area (Å²) in [4.78, 5) is 0. The zero-order valence-corrected chi connectivity index (χ0v) is 11.0. The van der Waals surface area contributed by atoms with Gasteiger partial charge in [-0.3, -0.25) is 0 Å². The molecule has 0 fully saturated rings. The van der Waals surface area contributed by atoms with Crippen molar-refractivity contribution >= 4 is 21.4 Å². The van der Waals surface area contributed by atoms with Crippen LogP contribution in [-0.2, 0) is 0 Å². The Morgan fingerprint density at radius 2 is 2.22 bits per heavy atom. The highest BCUT2D eigenvalue weighted by Gasteiger charge is 2.17. The van der Waals surface area contributed by atoms with Crippen LogP contribution in [0.25, 0.3) is 10.1 Å². The molecule has 2 aromatic heterocycles. The highest BCUT2D eigenvalue weighted by Crippen LogP contribution is 2.32. The second-order valence-corrected chi connectivity index (χ2v) is 5.15. The van der Waals surface area contributed by atoms with Gasteiger partial charge in [-0.05, 0) is 35.0 Å². The van der Waals surface area contributed by atoms with Gasteiger partial charge in [-0.15, -0.1) is 11.3 Å². The number of hydrogen-bond acceptors (Lipinski definition) is 3. The number of hydrogen-bond donors (Lipinski definition) is 1. The number of benzene rings is 1. The summed E-state index contributed by atoms with van der Waals surface area (Å²) in [7, 11) is 0. The minimum absolute atomic E-state index is 0.205. The molecule has 1 atom stereocenters. The van der Waals surface area contributed by atoms with Gasteiger partial charge in [-0.2, -0.15) is 0 Å². The molecule has 92 valence electrons. The molecule has 1 unspecified atom stereocenters. The normalized spacial score (nSPS) is 12.9. The third-order valence-corrected chi connectivity index (χ3v) is 4.08. The first-order valence-corrected chi connectivity index (χ1v) is 6.99. The third-order valence-electron chi connectivity index (χ3n) is 3.11. The van der Waals surface area contributed by atoms with Crippen LogP contribution < -0.4 is 5.32 Å². The fourth-order valence-corrected chi connectivity index (χ4v) is 3.24. The van der Waals surface area contributed by atoms with Gasteiger partial charge in [0.15, 0.2) is 0 Å². The Hall–Kier alpha value is -1.58. The lowest BCUT2D eigenvalue weighted by molar-refractivity contribution is 0.553. The van der Waals surface area contributed by atoms with Crippen LogP contribution in [0.15, 0.2) is 52.7 Å². The van der Waals surface area contributed by atoms with Gasteiger partial charge in [-0.1, -0.05) is 25.1 Å². The minimum Gasteiger partial charge on any atom is -0.472 e. The summed E-state index contributed by atoms with van der Waals surface area (Å²) in [6.07, 6.45) is 3.55. The van der Waals surface area contributed by atoms with E-state index < -0.39 is 0 Å². The Morgan fingerprint density at radius 1 is 1.28 bits per heavy atom. The van der Waals surface area contributed by atoms with E-state index in [1.54, 1.807) is 17.6 Å². The Bertz CT molecular complexity index is 627. The quantitative estimate of drug-likeness (QED) is 0.758. The summed E-state index contributed by atoms with van der Waals surface area (Å²) in [6, 6.07) is 10.9. The monoisotopic (exact) mass is 257 g/mol. The molecule has 0 aliphatic heterocycles. The summed E-state index contributed by atoms with van der Waals surface area (Å²) < 4.78 is 6.57. The first kappa shape index (κ1) is 11.5. The fourth-order valence-electron chi connectivity index (χ4n) is 2.29. The van der Waals surface area contributed by atoms with E-state index in [1.165, 1.54) is 21.2 Å². The molecule has 0 spiro atoms. The topological polar surface area (TPSA) is 25.2 Å². The first-order chi connectivity index (χ1) is 8.90. The number of furan rings is 1. The van der Waals surface area contributed by atoms with E-state index in [0.717, 1.165) is 6.54 Å². The summed E-state index contributed by atoms with van der Waals surface area (Å²) >= 11 is 1.79. The summed E-state index contributed by atoms with van der Waals surface area (Å²) in [5.74, 6) is 0. The number of thiophene rings is 1. The van der Waals surface area contributed by atoms with Crippen molar-refractivity contribution in [2.45, 2.75) is 13.0 Å². The maximum atomic E-state index is 5.22. The SMILES string of the molecule is CCNC(c1ccoc1)c1cccc2ccsc12. The molecular weight excluding hydrogens is 242 g/mol. The van der Waals surface area contributed by atoms with Crippen molar-refractivity contribution in [1.82, 2.24) is 5.32 Å². The minimum atomic E-state index is 0.205. The van der Waals surface area contributed by atoms with Crippen molar-refractivity contribution in [3.8, 4) is 0 Å². The van der Waals surface area contributed by atoms with E-state index in [2.05, 4.69) is 41.9 Å².